The van der Waals surface area contributed by atoms with E-state index < -0.39 is 27.7 Å². The van der Waals surface area contributed by atoms with Crippen LogP contribution in [0.15, 0.2) is 0 Å². The number of hydrogen-bond acceptors (Lipinski definition) is 2. The molecule has 1 fully saturated rings. The number of rotatable bonds is 1. The molecule has 0 amide bonds. The second-order valence-corrected chi connectivity index (χ2v) is 5.35. The Morgan fingerprint density at radius 3 is 2.25 bits per heavy atom. The molecule has 1 rings (SSSR count). The first kappa shape index (κ1) is 9.83. The summed E-state index contributed by atoms with van der Waals surface area (Å²) in [5.74, 6) is -0.0895. The van der Waals surface area contributed by atoms with Crippen LogP contribution in [0.4, 0.5) is 13.2 Å². The van der Waals surface area contributed by atoms with Crippen molar-refractivity contribution in [2.75, 3.05) is 5.75 Å². The number of halogens is 3. The highest BCUT2D eigenvalue weighted by Gasteiger charge is 2.40. The van der Waals surface area contributed by atoms with Crippen molar-refractivity contribution in [3.63, 3.8) is 0 Å². The quantitative estimate of drug-likeness (QED) is 0.646. The van der Waals surface area contributed by atoms with Crippen molar-refractivity contribution in [1.29, 1.82) is 0 Å². The van der Waals surface area contributed by atoms with Crippen molar-refractivity contribution in [3.05, 3.63) is 0 Å². The summed E-state index contributed by atoms with van der Waals surface area (Å²) in [5, 5.41) is -1.18. The third-order valence-corrected chi connectivity index (χ3v) is 4.20. The van der Waals surface area contributed by atoms with E-state index in [0.717, 1.165) is 0 Å². The van der Waals surface area contributed by atoms with Crippen molar-refractivity contribution in [2.45, 2.75) is 30.7 Å². The van der Waals surface area contributed by atoms with E-state index in [1.165, 1.54) is 0 Å². The Morgan fingerprint density at radius 1 is 1.33 bits per heavy atom. The smallest absolute Gasteiger partial charge is 0.229 e. The molecule has 1 heterocycles. The molecule has 0 saturated carbocycles. The minimum absolute atomic E-state index is 0.0895. The Morgan fingerprint density at radius 2 is 1.92 bits per heavy atom. The van der Waals surface area contributed by atoms with E-state index in [0.29, 0.717) is 6.42 Å². The van der Waals surface area contributed by atoms with Crippen LogP contribution in [0.1, 0.15) is 19.3 Å². The molecule has 0 aliphatic carbocycles. The van der Waals surface area contributed by atoms with E-state index in [2.05, 4.69) is 0 Å². The lowest BCUT2D eigenvalue weighted by Crippen LogP contribution is -2.23. The van der Waals surface area contributed by atoms with Gasteiger partial charge in [-0.1, -0.05) is 0 Å². The summed E-state index contributed by atoms with van der Waals surface area (Å²) >= 11 is 0. The van der Waals surface area contributed by atoms with Gasteiger partial charge in [0.2, 0.25) is 0 Å². The summed E-state index contributed by atoms with van der Waals surface area (Å²) in [7, 11) is -3.44. The van der Waals surface area contributed by atoms with Crippen molar-refractivity contribution in [2.24, 2.45) is 0 Å². The molecular formula is C6H9F3O2S. The monoisotopic (exact) mass is 202 g/mol. The highest BCUT2D eigenvalue weighted by atomic mass is 32.2. The predicted octanol–water partition coefficient (Wildman–Crippen LogP) is 1.52. The molecule has 0 N–H and O–H groups in total. The van der Waals surface area contributed by atoms with Crippen LogP contribution in [0.2, 0.25) is 0 Å². The van der Waals surface area contributed by atoms with Crippen LogP contribution in [-0.4, -0.2) is 25.6 Å². The van der Waals surface area contributed by atoms with E-state index in [1.54, 1.807) is 0 Å². The number of sulfone groups is 1. The fourth-order valence-corrected chi connectivity index (χ4v) is 3.22. The van der Waals surface area contributed by atoms with Crippen LogP contribution in [0, 0.1) is 0 Å². The minimum atomic E-state index is -4.36. The van der Waals surface area contributed by atoms with Gasteiger partial charge in [0.1, 0.15) is 0 Å². The fraction of sp³-hybridized carbons (Fsp3) is 1.00. The summed E-state index contributed by atoms with van der Waals surface area (Å²) in [4.78, 5) is 0. The van der Waals surface area contributed by atoms with Crippen LogP contribution in [0.25, 0.3) is 0 Å². The van der Waals surface area contributed by atoms with Gasteiger partial charge < -0.3 is 0 Å². The molecule has 2 nitrogen and oxygen atoms in total. The molecular weight excluding hydrogens is 193 g/mol. The van der Waals surface area contributed by atoms with Crippen molar-refractivity contribution < 1.29 is 21.6 Å². The zero-order valence-corrected chi connectivity index (χ0v) is 7.08. The summed E-state index contributed by atoms with van der Waals surface area (Å²) in [5.41, 5.74) is 0. The Labute approximate surface area is 68.7 Å². The van der Waals surface area contributed by atoms with Crippen LogP contribution in [-0.2, 0) is 9.84 Å². The van der Waals surface area contributed by atoms with Crippen molar-refractivity contribution in [3.8, 4) is 0 Å². The van der Waals surface area contributed by atoms with E-state index >= 15 is 0 Å². The maximum atomic E-state index is 11.8. The lowest BCUT2D eigenvalue weighted by Gasteiger charge is -2.11. The fourth-order valence-electron chi connectivity index (χ4n) is 1.35. The lowest BCUT2D eigenvalue weighted by molar-refractivity contribution is -0.134. The van der Waals surface area contributed by atoms with Crippen LogP contribution in [0.5, 0.6) is 0 Å². The molecule has 1 aliphatic rings. The predicted molar refractivity (Wildman–Crippen MR) is 37.5 cm³/mol. The van der Waals surface area contributed by atoms with E-state index in [4.69, 9.17) is 0 Å². The molecule has 1 unspecified atom stereocenters. The van der Waals surface area contributed by atoms with Gasteiger partial charge in [-0.3, -0.25) is 0 Å². The van der Waals surface area contributed by atoms with Gasteiger partial charge in [-0.05, 0) is 12.8 Å². The van der Waals surface area contributed by atoms with Crippen LogP contribution >= 0.6 is 0 Å². The third-order valence-electron chi connectivity index (χ3n) is 1.92. The molecule has 0 spiro atoms. The Kier molecular flexibility index (Phi) is 2.38. The minimum Gasteiger partial charge on any atom is -0.229 e. The van der Waals surface area contributed by atoms with Crippen molar-refractivity contribution in [1.82, 2.24) is 0 Å². The molecule has 0 aromatic heterocycles. The van der Waals surface area contributed by atoms with Gasteiger partial charge in [-0.15, -0.1) is 0 Å². The van der Waals surface area contributed by atoms with E-state index in [1.807, 2.05) is 0 Å². The van der Waals surface area contributed by atoms with Gasteiger partial charge in [0, 0.05) is 0 Å². The molecule has 0 radical (unpaired) electrons. The van der Waals surface area contributed by atoms with Gasteiger partial charge in [0.15, 0.2) is 9.84 Å². The molecule has 72 valence electrons. The maximum Gasteiger partial charge on any atom is 0.390 e. The second kappa shape index (κ2) is 2.90. The van der Waals surface area contributed by atoms with Gasteiger partial charge in [0.25, 0.3) is 0 Å². The lowest BCUT2D eigenvalue weighted by atomic mass is 10.2. The molecule has 12 heavy (non-hydrogen) atoms. The summed E-state index contributed by atoms with van der Waals surface area (Å²) in [6, 6.07) is 0. The van der Waals surface area contributed by atoms with Crippen LogP contribution < -0.4 is 0 Å². The highest BCUT2D eigenvalue weighted by Crippen LogP contribution is 2.31. The number of alkyl halides is 3. The zero-order valence-electron chi connectivity index (χ0n) is 6.26. The third kappa shape index (κ3) is 2.36. The molecule has 1 saturated heterocycles. The largest absolute Gasteiger partial charge is 0.390 e. The average molecular weight is 202 g/mol. The molecule has 1 aliphatic heterocycles. The highest BCUT2D eigenvalue weighted by molar-refractivity contribution is 7.92. The maximum absolute atomic E-state index is 11.8. The molecule has 0 aromatic carbocycles. The Hall–Kier alpha value is -0.260. The van der Waals surface area contributed by atoms with E-state index in [-0.39, 0.29) is 12.2 Å². The summed E-state index contributed by atoms with van der Waals surface area (Å²) in [6.45, 7) is 0. The van der Waals surface area contributed by atoms with Gasteiger partial charge in [0.05, 0.1) is 17.4 Å². The van der Waals surface area contributed by atoms with Crippen molar-refractivity contribution >= 4 is 9.84 Å². The first-order valence-electron chi connectivity index (χ1n) is 3.59. The summed E-state index contributed by atoms with van der Waals surface area (Å²) < 4.78 is 57.2. The molecule has 0 aromatic rings. The Bertz CT molecular complexity index is 254. The summed E-state index contributed by atoms with van der Waals surface area (Å²) in [6.07, 6.45) is -5.03. The van der Waals surface area contributed by atoms with Gasteiger partial charge in [-0.2, -0.15) is 13.2 Å². The van der Waals surface area contributed by atoms with Gasteiger partial charge >= 0.3 is 6.18 Å². The van der Waals surface area contributed by atoms with Crippen LogP contribution in [0.3, 0.4) is 0 Å². The SMILES string of the molecule is O=S1(=O)CCCC1CC(F)(F)F. The second-order valence-electron chi connectivity index (χ2n) is 2.95. The first-order chi connectivity index (χ1) is 5.31. The average Bonchev–Trinajstić information content (AvgIpc) is 2.07. The normalized spacial score (nSPS) is 29.1. The standard InChI is InChI=1S/C6H9F3O2S/c7-6(8,9)4-5-2-1-3-12(5,10)11/h5H,1-4H2. The van der Waals surface area contributed by atoms with Gasteiger partial charge in [-0.25, -0.2) is 8.42 Å². The van der Waals surface area contributed by atoms with E-state index in [9.17, 15) is 21.6 Å². The molecule has 6 heteroatoms. The molecule has 0 bridgehead atoms. The Balaban J connectivity index is 2.66. The number of hydrogen-bond donors (Lipinski definition) is 0. The topological polar surface area (TPSA) is 34.1 Å². The molecule has 1 atom stereocenters. The first-order valence-corrected chi connectivity index (χ1v) is 5.31. The zero-order chi connectivity index (χ0) is 9.41.